The van der Waals surface area contributed by atoms with Crippen molar-refractivity contribution >= 4 is 46.7 Å². The van der Waals surface area contributed by atoms with Crippen molar-refractivity contribution in [2.24, 2.45) is 5.92 Å². The van der Waals surface area contributed by atoms with E-state index < -0.39 is 30.4 Å². The molecule has 1 aliphatic rings. The number of benzene rings is 2. The molecule has 3 rings (SSSR count). The minimum absolute atomic E-state index is 0.00194. The summed E-state index contributed by atoms with van der Waals surface area (Å²) in [6.07, 6.45) is 0.00194. The summed E-state index contributed by atoms with van der Waals surface area (Å²) in [5.74, 6) is -2.52. The van der Waals surface area contributed by atoms with E-state index in [4.69, 9.17) is 16.3 Å². The van der Waals surface area contributed by atoms with Gasteiger partial charge in [0.25, 0.3) is 5.91 Å². The molecule has 0 radical (unpaired) electrons. The summed E-state index contributed by atoms with van der Waals surface area (Å²) in [4.78, 5) is 49.4. The van der Waals surface area contributed by atoms with E-state index in [1.54, 1.807) is 24.3 Å². The molecule has 1 heterocycles. The van der Waals surface area contributed by atoms with Gasteiger partial charge in [-0.1, -0.05) is 17.7 Å². The van der Waals surface area contributed by atoms with Crippen LogP contribution in [0.25, 0.3) is 0 Å². The molecule has 1 fully saturated rings. The SMILES string of the molecule is COC(=O)c1ccc(NC(=O)COC(=O)[C@H]2CC(=O)N(c3cccc(Cl)c3)C2)cc1. The predicted molar refractivity (Wildman–Crippen MR) is 109 cm³/mol. The summed E-state index contributed by atoms with van der Waals surface area (Å²) in [6.45, 7) is -0.325. The Balaban J connectivity index is 1.50. The lowest BCUT2D eigenvalue weighted by molar-refractivity contribution is -0.151. The standard InChI is InChI=1S/C21H19ClN2O6/c1-29-20(27)13-5-7-16(8-6-13)23-18(25)12-30-21(28)14-9-19(26)24(11-14)17-4-2-3-15(22)10-17/h2-8,10,14H,9,11-12H2,1H3,(H,23,25)/t14-/m0/s1. The fraction of sp³-hybridized carbons (Fsp3) is 0.238. The van der Waals surface area contributed by atoms with Crippen molar-refractivity contribution in [1.29, 1.82) is 0 Å². The van der Waals surface area contributed by atoms with Crippen molar-refractivity contribution < 1.29 is 28.7 Å². The van der Waals surface area contributed by atoms with Gasteiger partial charge < -0.3 is 19.7 Å². The van der Waals surface area contributed by atoms with Gasteiger partial charge >= 0.3 is 11.9 Å². The number of rotatable bonds is 6. The van der Waals surface area contributed by atoms with Gasteiger partial charge in [0, 0.05) is 29.4 Å². The van der Waals surface area contributed by atoms with Gasteiger partial charge in [-0.05, 0) is 42.5 Å². The van der Waals surface area contributed by atoms with E-state index in [1.165, 1.54) is 36.3 Å². The number of nitrogens with one attached hydrogen (secondary N) is 1. The molecule has 8 nitrogen and oxygen atoms in total. The molecule has 1 atom stereocenters. The number of esters is 2. The molecule has 1 saturated heterocycles. The zero-order valence-corrected chi connectivity index (χ0v) is 16.8. The topological polar surface area (TPSA) is 102 Å². The van der Waals surface area contributed by atoms with E-state index in [2.05, 4.69) is 10.1 Å². The molecule has 9 heteroatoms. The quantitative estimate of drug-likeness (QED) is 0.707. The molecule has 0 saturated carbocycles. The summed E-state index contributed by atoms with van der Waals surface area (Å²) in [7, 11) is 1.28. The molecule has 0 aromatic heterocycles. The summed E-state index contributed by atoms with van der Waals surface area (Å²) in [5.41, 5.74) is 1.39. The number of carbonyl (C=O) groups excluding carboxylic acids is 4. The Morgan fingerprint density at radius 1 is 1.17 bits per heavy atom. The number of methoxy groups -OCH3 is 1. The Hall–Kier alpha value is -3.39. The third kappa shape index (κ3) is 5.15. The Bertz CT molecular complexity index is 976. The summed E-state index contributed by atoms with van der Waals surface area (Å²) >= 11 is 5.96. The van der Waals surface area contributed by atoms with Crippen molar-refractivity contribution in [2.75, 3.05) is 30.5 Å². The van der Waals surface area contributed by atoms with Crippen molar-refractivity contribution in [3.63, 3.8) is 0 Å². The molecule has 0 aliphatic carbocycles. The summed E-state index contributed by atoms with van der Waals surface area (Å²) in [6, 6.07) is 12.9. The second kappa shape index (κ2) is 9.41. The third-order valence-corrected chi connectivity index (χ3v) is 4.75. The maximum Gasteiger partial charge on any atom is 0.337 e. The van der Waals surface area contributed by atoms with Gasteiger partial charge in [-0.3, -0.25) is 14.4 Å². The predicted octanol–water partition coefficient (Wildman–Crippen LogP) is 2.66. The lowest BCUT2D eigenvalue weighted by Gasteiger charge is -2.16. The molecular weight excluding hydrogens is 412 g/mol. The highest BCUT2D eigenvalue weighted by Crippen LogP contribution is 2.27. The Kier molecular flexibility index (Phi) is 6.68. The van der Waals surface area contributed by atoms with Crippen molar-refractivity contribution in [3.05, 3.63) is 59.1 Å². The lowest BCUT2D eigenvalue weighted by Crippen LogP contribution is -2.28. The highest BCUT2D eigenvalue weighted by Gasteiger charge is 2.36. The number of nitrogens with zero attached hydrogens (tertiary/aromatic N) is 1. The van der Waals surface area contributed by atoms with Gasteiger partial charge in [-0.25, -0.2) is 4.79 Å². The smallest absolute Gasteiger partial charge is 0.337 e. The van der Waals surface area contributed by atoms with Crippen LogP contribution in [0.4, 0.5) is 11.4 Å². The number of amides is 2. The number of ether oxygens (including phenoxy) is 2. The highest BCUT2D eigenvalue weighted by atomic mass is 35.5. The molecular formula is C21H19ClN2O6. The largest absolute Gasteiger partial charge is 0.465 e. The number of halogens is 1. The minimum atomic E-state index is -0.663. The van der Waals surface area contributed by atoms with E-state index in [1.807, 2.05) is 0 Å². The number of carbonyl (C=O) groups is 4. The fourth-order valence-electron chi connectivity index (χ4n) is 3.02. The molecule has 156 valence electrons. The van der Waals surface area contributed by atoms with Gasteiger partial charge in [-0.2, -0.15) is 0 Å². The average Bonchev–Trinajstić information content (AvgIpc) is 3.13. The first-order valence-corrected chi connectivity index (χ1v) is 9.46. The van der Waals surface area contributed by atoms with E-state index >= 15 is 0 Å². The van der Waals surface area contributed by atoms with Crippen LogP contribution in [-0.4, -0.2) is 44.0 Å². The van der Waals surface area contributed by atoms with Gasteiger partial charge in [0.1, 0.15) is 0 Å². The molecule has 0 spiro atoms. The van der Waals surface area contributed by atoms with Gasteiger partial charge in [0.05, 0.1) is 18.6 Å². The highest BCUT2D eigenvalue weighted by molar-refractivity contribution is 6.31. The normalized spacial score (nSPS) is 15.6. The zero-order valence-electron chi connectivity index (χ0n) is 16.1. The second-order valence-electron chi connectivity index (χ2n) is 6.61. The van der Waals surface area contributed by atoms with Crippen LogP contribution in [0.5, 0.6) is 0 Å². The molecule has 0 unspecified atom stereocenters. The van der Waals surface area contributed by atoms with Crippen molar-refractivity contribution in [3.8, 4) is 0 Å². The molecule has 30 heavy (non-hydrogen) atoms. The van der Waals surface area contributed by atoms with Crippen LogP contribution < -0.4 is 10.2 Å². The van der Waals surface area contributed by atoms with Crippen LogP contribution in [0.2, 0.25) is 5.02 Å². The first-order valence-electron chi connectivity index (χ1n) is 9.08. The Labute approximate surface area is 177 Å². The van der Waals surface area contributed by atoms with Crippen LogP contribution in [0.1, 0.15) is 16.8 Å². The van der Waals surface area contributed by atoms with Crippen molar-refractivity contribution in [2.45, 2.75) is 6.42 Å². The minimum Gasteiger partial charge on any atom is -0.465 e. The third-order valence-electron chi connectivity index (χ3n) is 4.51. The van der Waals surface area contributed by atoms with Crippen LogP contribution in [0.3, 0.4) is 0 Å². The van der Waals surface area contributed by atoms with Crippen LogP contribution in [0, 0.1) is 5.92 Å². The lowest BCUT2D eigenvalue weighted by atomic mass is 10.1. The number of hydrogen-bond acceptors (Lipinski definition) is 6. The van der Waals surface area contributed by atoms with Crippen LogP contribution >= 0.6 is 11.6 Å². The van der Waals surface area contributed by atoms with Gasteiger partial charge in [0.2, 0.25) is 5.91 Å². The van der Waals surface area contributed by atoms with E-state index in [0.717, 1.165) is 0 Å². The van der Waals surface area contributed by atoms with Crippen molar-refractivity contribution in [1.82, 2.24) is 0 Å². The molecule has 2 amide bonds. The first-order chi connectivity index (χ1) is 14.4. The second-order valence-corrected chi connectivity index (χ2v) is 7.05. The monoisotopic (exact) mass is 430 g/mol. The maximum absolute atomic E-state index is 12.3. The number of hydrogen-bond donors (Lipinski definition) is 1. The molecule has 0 bridgehead atoms. The summed E-state index contributed by atoms with van der Waals surface area (Å²) in [5, 5.41) is 3.05. The zero-order chi connectivity index (χ0) is 21.7. The van der Waals surface area contributed by atoms with E-state index in [9.17, 15) is 19.2 Å². The van der Waals surface area contributed by atoms with Gasteiger partial charge in [0.15, 0.2) is 6.61 Å². The van der Waals surface area contributed by atoms with Crippen LogP contribution in [0.15, 0.2) is 48.5 Å². The van der Waals surface area contributed by atoms with Gasteiger partial charge in [-0.15, -0.1) is 0 Å². The Morgan fingerprint density at radius 2 is 1.90 bits per heavy atom. The molecule has 1 N–H and O–H groups in total. The maximum atomic E-state index is 12.3. The molecule has 2 aromatic carbocycles. The van der Waals surface area contributed by atoms with Crippen LogP contribution in [-0.2, 0) is 23.9 Å². The fourth-order valence-corrected chi connectivity index (χ4v) is 3.20. The average molecular weight is 431 g/mol. The number of anilines is 2. The Morgan fingerprint density at radius 3 is 2.57 bits per heavy atom. The molecule has 1 aliphatic heterocycles. The molecule has 2 aromatic rings. The van der Waals surface area contributed by atoms with E-state index in [-0.39, 0.29) is 18.9 Å². The first kappa shape index (κ1) is 21.3. The summed E-state index contributed by atoms with van der Waals surface area (Å²) < 4.78 is 9.67. The van der Waals surface area contributed by atoms with E-state index in [0.29, 0.717) is 22.0 Å².